The van der Waals surface area contributed by atoms with E-state index >= 15 is 0 Å². The van der Waals surface area contributed by atoms with Crippen LogP contribution in [-0.2, 0) is 4.74 Å². The van der Waals surface area contributed by atoms with Gasteiger partial charge in [0.1, 0.15) is 10.1 Å². The van der Waals surface area contributed by atoms with Gasteiger partial charge in [-0.25, -0.2) is 9.78 Å². The number of carbonyl (C=O) groups is 1. The van der Waals surface area contributed by atoms with Crippen LogP contribution in [0, 0.1) is 0 Å². The predicted molar refractivity (Wildman–Crippen MR) is 66.4 cm³/mol. The minimum absolute atomic E-state index is 0.111. The Kier molecular flexibility index (Phi) is 3.86. The van der Waals surface area contributed by atoms with Crippen molar-refractivity contribution < 1.29 is 13.9 Å². The van der Waals surface area contributed by atoms with Crippen molar-refractivity contribution in [1.29, 1.82) is 0 Å². The molecular formula is C11H11NO3S2. The van der Waals surface area contributed by atoms with E-state index in [1.54, 1.807) is 41.4 Å². The van der Waals surface area contributed by atoms with Gasteiger partial charge in [-0.2, -0.15) is 0 Å². The SMILES string of the molecule is COC(=O)c1ccc(C(C)Sc2nccs2)o1. The third-order valence-corrected chi connectivity index (χ3v) is 4.14. The molecule has 0 aromatic carbocycles. The average molecular weight is 269 g/mol. The number of rotatable bonds is 4. The smallest absolute Gasteiger partial charge is 0.373 e. The first kappa shape index (κ1) is 12.2. The highest BCUT2D eigenvalue weighted by Crippen LogP contribution is 2.36. The van der Waals surface area contributed by atoms with E-state index in [9.17, 15) is 4.79 Å². The molecule has 1 atom stereocenters. The molecule has 2 heterocycles. The molecule has 0 N–H and O–H groups in total. The van der Waals surface area contributed by atoms with Crippen LogP contribution in [0.25, 0.3) is 0 Å². The first-order valence-corrected chi connectivity index (χ1v) is 6.71. The largest absolute Gasteiger partial charge is 0.463 e. The first-order valence-electron chi connectivity index (χ1n) is 4.95. The quantitative estimate of drug-likeness (QED) is 0.629. The van der Waals surface area contributed by atoms with Gasteiger partial charge in [-0.15, -0.1) is 11.3 Å². The number of hydrogen-bond acceptors (Lipinski definition) is 6. The van der Waals surface area contributed by atoms with Crippen molar-refractivity contribution in [1.82, 2.24) is 4.98 Å². The summed E-state index contributed by atoms with van der Waals surface area (Å²) < 4.78 is 11.0. The van der Waals surface area contributed by atoms with Crippen LogP contribution in [0.3, 0.4) is 0 Å². The molecule has 2 aromatic rings. The lowest BCUT2D eigenvalue weighted by Gasteiger charge is -2.04. The Morgan fingerprint density at radius 2 is 2.41 bits per heavy atom. The maximum atomic E-state index is 11.2. The molecule has 90 valence electrons. The number of nitrogens with zero attached hydrogens (tertiary/aromatic N) is 1. The monoisotopic (exact) mass is 269 g/mol. The molecular weight excluding hydrogens is 258 g/mol. The van der Waals surface area contributed by atoms with Crippen molar-refractivity contribution in [2.24, 2.45) is 0 Å². The number of furan rings is 1. The summed E-state index contributed by atoms with van der Waals surface area (Å²) in [5, 5.41) is 2.04. The number of esters is 1. The lowest BCUT2D eigenvalue weighted by molar-refractivity contribution is 0.0563. The van der Waals surface area contributed by atoms with E-state index in [1.165, 1.54) is 7.11 Å². The van der Waals surface area contributed by atoms with E-state index in [0.29, 0.717) is 0 Å². The molecule has 0 spiro atoms. The summed E-state index contributed by atoms with van der Waals surface area (Å²) in [6.07, 6.45) is 1.77. The van der Waals surface area contributed by atoms with Crippen LogP contribution in [-0.4, -0.2) is 18.1 Å². The van der Waals surface area contributed by atoms with Gasteiger partial charge in [-0.3, -0.25) is 0 Å². The fraction of sp³-hybridized carbons (Fsp3) is 0.273. The van der Waals surface area contributed by atoms with Gasteiger partial charge in [0.15, 0.2) is 0 Å². The third-order valence-electron chi connectivity index (χ3n) is 2.10. The molecule has 17 heavy (non-hydrogen) atoms. The van der Waals surface area contributed by atoms with Crippen molar-refractivity contribution >= 4 is 29.1 Å². The number of thiazole rings is 1. The third kappa shape index (κ3) is 2.89. The molecule has 0 saturated carbocycles. The van der Waals surface area contributed by atoms with Crippen molar-refractivity contribution in [3.63, 3.8) is 0 Å². The van der Waals surface area contributed by atoms with E-state index in [4.69, 9.17) is 4.42 Å². The van der Waals surface area contributed by atoms with Crippen LogP contribution < -0.4 is 0 Å². The Bertz CT molecular complexity index is 493. The van der Waals surface area contributed by atoms with Crippen molar-refractivity contribution in [2.45, 2.75) is 16.5 Å². The summed E-state index contributed by atoms with van der Waals surface area (Å²) in [5.74, 6) is 0.516. The van der Waals surface area contributed by atoms with E-state index in [2.05, 4.69) is 9.72 Å². The van der Waals surface area contributed by atoms with Gasteiger partial charge in [0.2, 0.25) is 5.76 Å². The summed E-state index contributed by atoms with van der Waals surface area (Å²) in [6.45, 7) is 2.01. The summed E-state index contributed by atoms with van der Waals surface area (Å²) in [4.78, 5) is 15.4. The standard InChI is InChI=1S/C11H11NO3S2/c1-7(17-11-12-5-6-16-11)8-3-4-9(15-8)10(13)14-2/h3-7H,1-2H3. The maximum Gasteiger partial charge on any atom is 0.373 e. The summed E-state index contributed by atoms with van der Waals surface area (Å²) >= 11 is 3.18. The Balaban J connectivity index is 2.07. The molecule has 4 nitrogen and oxygen atoms in total. The summed E-state index contributed by atoms with van der Waals surface area (Å²) in [6, 6.07) is 3.41. The lowest BCUT2D eigenvalue weighted by Crippen LogP contribution is -1.98. The van der Waals surface area contributed by atoms with Gasteiger partial charge in [0, 0.05) is 11.6 Å². The molecule has 0 aliphatic rings. The highest BCUT2D eigenvalue weighted by atomic mass is 32.2. The fourth-order valence-corrected chi connectivity index (χ4v) is 3.11. The molecule has 0 radical (unpaired) electrons. The zero-order chi connectivity index (χ0) is 12.3. The second-order valence-electron chi connectivity index (χ2n) is 3.25. The lowest BCUT2D eigenvalue weighted by atomic mass is 10.3. The molecule has 2 aromatic heterocycles. The molecule has 0 fully saturated rings. The van der Waals surface area contributed by atoms with Crippen LogP contribution in [0.5, 0.6) is 0 Å². The van der Waals surface area contributed by atoms with Crippen molar-refractivity contribution in [2.75, 3.05) is 7.11 Å². The zero-order valence-corrected chi connectivity index (χ0v) is 11.0. The van der Waals surface area contributed by atoms with E-state index in [-0.39, 0.29) is 11.0 Å². The first-order chi connectivity index (χ1) is 8.20. The second kappa shape index (κ2) is 5.37. The Labute approximate surface area is 107 Å². The normalized spacial score (nSPS) is 12.4. The zero-order valence-electron chi connectivity index (χ0n) is 9.38. The molecule has 0 aliphatic heterocycles. The Morgan fingerprint density at radius 1 is 1.59 bits per heavy atom. The average Bonchev–Trinajstić information content (AvgIpc) is 2.98. The van der Waals surface area contributed by atoms with Crippen molar-refractivity contribution in [3.05, 3.63) is 35.2 Å². The van der Waals surface area contributed by atoms with Crippen LogP contribution in [0.2, 0.25) is 0 Å². The topological polar surface area (TPSA) is 52.3 Å². The number of hydrogen-bond donors (Lipinski definition) is 0. The van der Waals surface area contributed by atoms with Crippen LogP contribution in [0.4, 0.5) is 0 Å². The number of ether oxygens (including phenoxy) is 1. The van der Waals surface area contributed by atoms with E-state index in [1.807, 2.05) is 12.3 Å². The predicted octanol–water partition coefficient (Wildman–Crippen LogP) is 3.38. The Morgan fingerprint density at radius 3 is 3.06 bits per heavy atom. The Hall–Kier alpha value is -1.27. The molecule has 1 unspecified atom stereocenters. The number of thioether (sulfide) groups is 1. The van der Waals surface area contributed by atoms with Gasteiger partial charge >= 0.3 is 5.97 Å². The summed E-state index contributed by atoms with van der Waals surface area (Å²) in [7, 11) is 1.33. The van der Waals surface area contributed by atoms with Crippen LogP contribution in [0.15, 0.2) is 32.5 Å². The molecule has 0 bridgehead atoms. The van der Waals surface area contributed by atoms with E-state index < -0.39 is 5.97 Å². The minimum atomic E-state index is -0.456. The minimum Gasteiger partial charge on any atom is -0.463 e. The van der Waals surface area contributed by atoms with Crippen LogP contribution >= 0.6 is 23.1 Å². The van der Waals surface area contributed by atoms with Gasteiger partial charge in [0.05, 0.1) is 12.4 Å². The van der Waals surface area contributed by atoms with Crippen LogP contribution in [0.1, 0.15) is 28.5 Å². The molecule has 0 aliphatic carbocycles. The van der Waals surface area contributed by atoms with E-state index in [0.717, 1.165) is 10.1 Å². The summed E-state index contributed by atoms with van der Waals surface area (Å²) in [5.41, 5.74) is 0. The molecule has 0 amide bonds. The van der Waals surface area contributed by atoms with Gasteiger partial charge in [-0.1, -0.05) is 11.8 Å². The fourth-order valence-electron chi connectivity index (χ4n) is 1.26. The van der Waals surface area contributed by atoms with Gasteiger partial charge in [-0.05, 0) is 19.1 Å². The van der Waals surface area contributed by atoms with Gasteiger partial charge < -0.3 is 9.15 Å². The second-order valence-corrected chi connectivity index (χ2v) is 5.73. The number of carbonyl (C=O) groups excluding carboxylic acids is 1. The highest BCUT2D eigenvalue weighted by Gasteiger charge is 2.16. The molecule has 0 saturated heterocycles. The number of aromatic nitrogens is 1. The van der Waals surface area contributed by atoms with Gasteiger partial charge in [0.25, 0.3) is 0 Å². The highest BCUT2D eigenvalue weighted by molar-refractivity contribution is 8.01. The van der Waals surface area contributed by atoms with Crippen molar-refractivity contribution in [3.8, 4) is 0 Å². The number of methoxy groups -OCH3 is 1. The molecule has 6 heteroatoms. The maximum absolute atomic E-state index is 11.2. The molecule has 2 rings (SSSR count).